The summed E-state index contributed by atoms with van der Waals surface area (Å²) in [5, 5.41) is 0. The van der Waals surface area contributed by atoms with Crippen LogP contribution < -0.4 is 4.57 Å². The van der Waals surface area contributed by atoms with Crippen molar-refractivity contribution in [3.05, 3.63) is 72.7 Å². The fourth-order valence-electron chi connectivity index (χ4n) is 2.19. The SMILES string of the molecule is CC(C)=CC[n+]1cccc(-c2ncc(-c3ccccc3)o2)c1. The highest BCUT2D eigenvalue weighted by Crippen LogP contribution is 2.24. The molecule has 110 valence electrons. The van der Waals surface area contributed by atoms with Crippen LogP contribution in [0.15, 0.2) is 77.1 Å². The van der Waals surface area contributed by atoms with Crippen molar-refractivity contribution in [2.75, 3.05) is 0 Å². The average Bonchev–Trinajstić information content (AvgIpc) is 3.04. The smallest absolute Gasteiger partial charge is 0.232 e. The van der Waals surface area contributed by atoms with Crippen LogP contribution in [0.3, 0.4) is 0 Å². The van der Waals surface area contributed by atoms with Crippen molar-refractivity contribution in [3.63, 3.8) is 0 Å². The molecule has 0 amide bonds. The van der Waals surface area contributed by atoms with Gasteiger partial charge in [-0.3, -0.25) is 0 Å². The van der Waals surface area contributed by atoms with E-state index in [2.05, 4.69) is 35.7 Å². The number of aromatic nitrogens is 2. The van der Waals surface area contributed by atoms with E-state index in [1.165, 1.54) is 5.57 Å². The van der Waals surface area contributed by atoms with Crippen LogP contribution in [-0.4, -0.2) is 4.98 Å². The predicted octanol–water partition coefficient (Wildman–Crippen LogP) is 4.26. The molecule has 3 rings (SSSR count). The Morgan fingerprint density at radius 1 is 1.09 bits per heavy atom. The second kappa shape index (κ2) is 6.39. The summed E-state index contributed by atoms with van der Waals surface area (Å²) in [5.74, 6) is 1.43. The molecule has 0 atom stereocenters. The molecule has 1 aromatic carbocycles. The minimum absolute atomic E-state index is 0.644. The standard InChI is InChI=1S/C19H19N2O/c1-15(2)10-12-21-11-6-9-17(14-21)19-20-13-18(22-19)16-7-4-3-5-8-16/h3-11,13-14H,12H2,1-2H3/q+1. The molecule has 0 bridgehead atoms. The van der Waals surface area contributed by atoms with Gasteiger partial charge in [0.25, 0.3) is 0 Å². The Hall–Kier alpha value is -2.68. The lowest BCUT2D eigenvalue weighted by Gasteiger charge is -1.97. The maximum absolute atomic E-state index is 5.90. The Balaban J connectivity index is 1.87. The van der Waals surface area contributed by atoms with Gasteiger partial charge in [-0.15, -0.1) is 0 Å². The highest BCUT2D eigenvalue weighted by atomic mass is 16.4. The van der Waals surface area contributed by atoms with Gasteiger partial charge in [0.05, 0.1) is 6.20 Å². The van der Waals surface area contributed by atoms with Gasteiger partial charge >= 0.3 is 0 Å². The summed E-state index contributed by atoms with van der Waals surface area (Å²) >= 11 is 0. The molecule has 0 N–H and O–H groups in total. The topological polar surface area (TPSA) is 29.9 Å². The largest absolute Gasteiger partial charge is 0.436 e. The molecule has 0 radical (unpaired) electrons. The van der Waals surface area contributed by atoms with E-state index in [1.807, 2.05) is 48.7 Å². The second-order valence-corrected chi connectivity index (χ2v) is 5.47. The summed E-state index contributed by atoms with van der Waals surface area (Å²) in [6, 6.07) is 14.0. The highest BCUT2D eigenvalue weighted by Gasteiger charge is 2.11. The van der Waals surface area contributed by atoms with E-state index in [1.54, 1.807) is 6.20 Å². The Kier molecular flexibility index (Phi) is 4.15. The van der Waals surface area contributed by atoms with Crippen LogP contribution in [0.1, 0.15) is 13.8 Å². The Morgan fingerprint density at radius 3 is 2.64 bits per heavy atom. The number of hydrogen-bond acceptors (Lipinski definition) is 2. The van der Waals surface area contributed by atoms with E-state index < -0.39 is 0 Å². The summed E-state index contributed by atoms with van der Waals surface area (Å²) in [5.41, 5.74) is 3.32. The molecule has 3 heteroatoms. The van der Waals surface area contributed by atoms with Gasteiger partial charge in [0.1, 0.15) is 5.56 Å². The first-order chi connectivity index (χ1) is 10.7. The maximum Gasteiger partial charge on any atom is 0.232 e. The Bertz CT molecular complexity index is 784. The van der Waals surface area contributed by atoms with Gasteiger partial charge in [0.2, 0.25) is 5.89 Å². The first kappa shape index (κ1) is 14.3. The number of rotatable bonds is 4. The first-order valence-electron chi connectivity index (χ1n) is 7.36. The zero-order chi connectivity index (χ0) is 15.4. The fraction of sp³-hybridized carbons (Fsp3) is 0.158. The predicted molar refractivity (Wildman–Crippen MR) is 87.0 cm³/mol. The summed E-state index contributed by atoms with van der Waals surface area (Å²) in [7, 11) is 0. The van der Waals surface area contributed by atoms with Crippen LogP contribution in [0.4, 0.5) is 0 Å². The van der Waals surface area contributed by atoms with Gasteiger partial charge in [-0.1, -0.05) is 35.9 Å². The lowest BCUT2D eigenvalue weighted by atomic mass is 10.2. The van der Waals surface area contributed by atoms with Crippen LogP contribution >= 0.6 is 0 Å². The number of nitrogens with zero attached hydrogens (tertiary/aromatic N) is 2. The highest BCUT2D eigenvalue weighted by molar-refractivity contribution is 5.59. The van der Waals surface area contributed by atoms with Crippen LogP contribution in [-0.2, 0) is 6.54 Å². The molecule has 0 aliphatic heterocycles. The molecule has 0 saturated heterocycles. The van der Waals surface area contributed by atoms with Gasteiger partial charge in [-0.25, -0.2) is 9.55 Å². The lowest BCUT2D eigenvalue weighted by Crippen LogP contribution is -2.31. The number of oxazole rings is 1. The van der Waals surface area contributed by atoms with Crippen LogP contribution in [0.2, 0.25) is 0 Å². The molecule has 2 heterocycles. The fourth-order valence-corrected chi connectivity index (χ4v) is 2.19. The van der Waals surface area contributed by atoms with Crippen molar-refractivity contribution in [2.24, 2.45) is 0 Å². The van der Waals surface area contributed by atoms with Crippen LogP contribution in [0.5, 0.6) is 0 Å². The molecule has 0 aliphatic carbocycles. The molecule has 3 nitrogen and oxygen atoms in total. The van der Waals surface area contributed by atoms with Gasteiger partial charge in [0.15, 0.2) is 24.7 Å². The molecular formula is C19H19N2O+. The maximum atomic E-state index is 5.90. The number of hydrogen-bond donors (Lipinski definition) is 0. The minimum Gasteiger partial charge on any atom is -0.436 e. The Labute approximate surface area is 130 Å². The van der Waals surface area contributed by atoms with Crippen LogP contribution in [0, 0.1) is 0 Å². The minimum atomic E-state index is 0.644. The van der Waals surface area contributed by atoms with Crippen molar-refractivity contribution >= 4 is 0 Å². The number of allylic oxidation sites excluding steroid dienone is 2. The molecule has 0 spiro atoms. The summed E-state index contributed by atoms with van der Waals surface area (Å²) in [4.78, 5) is 4.40. The van der Waals surface area contributed by atoms with E-state index in [4.69, 9.17) is 4.42 Å². The zero-order valence-corrected chi connectivity index (χ0v) is 12.9. The molecule has 0 saturated carbocycles. The third-order valence-electron chi connectivity index (χ3n) is 3.38. The Morgan fingerprint density at radius 2 is 1.86 bits per heavy atom. The van der Waals surface area contributed by atoms with Gasteiger partial charge in [-0.2, -0.15) is 0 Å². The van der Waals surface area contributed by atoms with E-state index >= 15 is 0 Å². The van der Waals surface area contributed by atoms with Crippen molar-refractivity contribution in [3.8, 4) is 22.8 Å². The quantitative estimate of drug-likeness (QED) is 0.531. The van der Waals surface area contributed by atoms with Crippen molar-refractivity contribution in [1.29, 1.82) is 0 Å². The van der Waals surface area contributed by atoms with E-state index in [9.17, 15) is 0 Å². The van der Waals surface area contributed by atoms with Crippen molar-refractivity contribution in [2.45, 2.75) is 20.4 Å². The van der Waals surface area contributed by atoms with E-state index in [-0.39, 0.29) is 0 Å². The molecule has 0 fully saturated rings. The molecular weight excluding hydrogens is 272 g/mol. The number of benzene rings is 1. The third kappa shape index (κ3) is 3.31. The van der Waals surface area contributed by atoms with Crippen LogP contribution in [0.25, 0.3) is 22.8 Å². The zero-order valence-electron chi connectivity index (χ0n) is 12.9. The van der Waals surface area contributed by atoms with E-state index in [0.29, 0.717) is 5.89 Å². The molecule has 0 unspecified atom stereocenters. The summed E-state index contributed by atoms with van der Waals surface area (Å²) in [6.07, 6.45) is 8.07. The van der Waals surface area contributed by atoms with Crippen molar-refractivity contribution in [1.82, 2.24) is 4.98 Å². The van der Waals surface area contributed by atoms with Gasteiger partial charge in [0, 0.05) is 11.6 Å². The number of pyridine rings is 1. The summed E-state index contributed by atoms with van der Waals surface area (Å²) < 4.78 is 8.02. The normalized spacial score (nSPS) is 10.5. The van der Waals surface area contributed by atoms with Crippen molar-refractivity contribution < 1.29 is 8.98 Å². The molecule has 22 heavy (non-hydrogen) atoms. The molecule has 0 aliphatic rings. The lowest BCUT2D eigenvalue weighted by molar-refractivity contribution is -0.686. The molecule has 3 aromatic rings. The van der Waals surface area contributed by atoms with Gasteiger partial charge < -0.3 is 4.42 Å². The second-order valence-electron chi connectivity index (χ2n) is 5.47. The van der Waals surface area contributed by atoms with Gasteiger partial charge in [-0.05, 0) is 26.0 Å². The third-order valence-corrected chi connectivity index (χ3v) is 3.38. The monoisotopic (exact) mass is 291 g/mol. The first-order valence-corrected chi connectivity index (χ1v) is 7.36. The molecule has 2 aromatic heterocycles. The summed E-state index contributed by atoms with van der Waals surface area (Å²) in [6.45, 7) is 5.05. The average molecular weight is 291 g/mol. The van der Waals surface area contributed by atoms with E-state index in [0.717, 1.165) is 23.4 Å².